The van der Waals surface area contributed by atoms with Gasteiger partial charge in [-0.1, -0.05) is 0 Å². The first-order valence-electron chi connectivity index (χ1n) is 7.62. The zero-order valence-corrected chi connectivity index (χ0v) is 13.9. The van der Waals surface area contributed by atoms with E-state index in [1.165, 1.54) is 0 Å². The predicted molar refractivity (Wildman–Crippen MR) is 87.0 cm³/mol. The Hall–Kier alpha value is -2.75. The molecule has 1 aliphatic rings. The molecule has 1 aromatic carbocycles. The quantitative estimate of drug-likeness (QED) is 0.699. The van der Waals surface area contributed by atoms with Crippen molar-refractivity contribution in [2.24, 2.45) is 0 Å². The standard InChI is InChI=1S/C16H11F3N4O2S/c17-16(18,19)10-3-4-20-14(6-10)25-11-7-23(8-11)15(24)9-1-2-12-13(5-9)22-26-21-12/h1-6,11H,7-8H2. The van der Waals surface area contributed by atoms with Crippen LogP contribution in [0.5, 0.6) is 5.88 Å². The Bertz CT molecular complexity index is 969. The summed E-state index contributed by atoms with van der Waals surface area (Å²) in [5.41, 5.74) is 1.05. The number of hydrogen-bond acceptors (Lipinski definition) is 6. The van der Waals surface area contributed by atoms with Crippen molar-refractivity contribution in [2.45, 2.75) is 12.3 Å². The fraction of sp³-hybridized carbons (Fsp3) is 0.250. The molecule has 1 saturated heterocycles. The molecule has 134 valence electrons. The third kappa shape index (κ3) is 3.19. The minimum atomic E-state index is -4.45. The minimum absolute atomic E-state index is 0.105. The Morgan fingerprint density at radius 2 is 1.92 bits per heavy atom. The lowest BCUT2D eigenvalue weighted by molar-refractivity contribution is -0.137. The summed E-state index contributed by atoms with van der Waals surface area (Å²) in [5, 5.41) is 0. The zero-order chi connectivity index (χ0) is 18.3. The van der Waals surface area contributed by atoms with E-state index >= 15 is 0 Å². The monoisotopic (exact) mass is 380 g/mol. The summed E-state index contributed by atoms with van der Waals surface area (Å²) in [6, 6.07) is 6.81. The van der Waals surface area contributed by atoms with Gasteiger partial charge in [-0.15, -0.1) is 0 Å². The normalized spacial score (nSPS) is 15.1. The maximum atomic E-state index is 12.7. The van der Waals surface area contributed by atoms with Crippen LogP contribution in [-0.4, -0.2) is 43.7 Å². The highest BCUT2D eigenvalue weighted by Gasteiger charge is 2.35. The lowest BCUT2D eigenvalue weighted by atomic mass is 10.1. The molecule has 3 aromatic rings. The zero-order valence-electron chi connectivity index (χ0n) is 13.1. The fourth-order valence-corrected chi connectivity index (χ4v) is 3.11. The van der Waals surface area contributed by atoms with Crippen molar-refractivity contribution >= 4 is 28.7 Å². The summed E-state index contributed by atoms with van der Waals surface area (Å²) < 4.78 is 51.7. The first-order chi connectivity index (χ1) is 12.4. The summed E-state index contributed by atoms with van der Waals surface area (Å²) in [5.74, 6) is -0.288. The first kappa shape index (κ1) is 16.7. The maximum Gasteiger partial charge on any atom is 0.416 e. The van der Waals surface area contributed by atoms with Gasteiger partial charge in [-0.25, -0.2) is 4.98 Å². The van der Waals surface area contributed by atoms with Gasteiger partial charge in [0.2, 0.25) is 5.88 Å². The second-order valence-electron chi connectivity index (χ2n) is 5.80. The number of nitrogens with zero attached hydrogens (tertiary/aromatic N) is 4. The van der Waals surface area contributed by atoms with E-state index in [0.29, 0.717) is 11.1 Å². The molecule has 1 fully saturated rings. The molecule has 26 heavy (non-hydrogen) atoms. The number of pyridine rings is 1. The Morgan fingerprint density at radius 3 is 2.69 bits per heavy atom. The number of aromatic nitrogens is 3. The molecule has 0 aliphatic carbocycles. The van der Waals surface area contributed by atoms with Gasteiger partial charge >= 0.3 is 6.18 Å². The largest absolute Gasteiger partial charge is 0.471 e. The number of carbonyl (C=O) groups excluding carboxylic acids is 1. The topological polar surface area (TPSA) is 68.2 Å². The number of amides is 1. The Morgan fingerprint density at radius 1 is 1.15 bits per heavy atom. The molecule has 4 rings (SSSR count). The van der Waals surface area contributed by atoms with Crippen LogP contribution in [0, 0.1) is 0 Å². The fourth-order valence-electron chi connectivity index (χ4n) is 2.60. The highest BCUT2D eigenvalue weighted by molar-refractivity contribution is 7.00. The Kier molecular flexibility index (Phi) is 3.98. The minimum Gasteiger partial charge on any atom is -0.471 e. The summed E-state index contributed by atoms with van der Waals surface area (Å²) >= 11 is 1.07. The third-order valence-corrected chi connectivity index (χ3v) is 4.54. The van der Waals surface area contributed by atoms with Gasteiger partial charge in [0.1, 0.15) is 17.1 Å². The van der Waals surface area contributed by atoms with Gasteiger partial charge in [0.15, 0.2) is 0 Å². The first-order valence-corrected chi connectivity index (χ1v) is 8.35. The van der Waals surface area contributed by atoms with E-state index in [9.17, 15) is 18.0 Å². The van der Waals surface area contributed by atoms with Crippen LogP contribution in [0.15, 0.2) is 36.5 Å². The van der Waals surface area contributed by atoms with E-state index in [1.807, 2.05) is 0 Å². The van der Waals surface area contributed by atoms with E-state index < -0.39 is 11.7 Å². The van der Waals surface area contributed by atoms with E-state index in [-0.39, 0.29) is 31.0 Å². The maximum absolute atomic E-state index is 12.7. The van der Waals surface area contributed by atoms with Crippen LogP contribution in [0.2, 0.25) is 0 Å². The smallest absolute Gasteiger partial charge is 0.416 e. The molecular weight excluding hydrogens is 369 g/mol. The van der Waals surface area contributed by atoms with E-state index in [2.05, 4.69) is 13.7 Å². The molecule has 0 saturated carbocycles. The van der Waals surface area contributed by atoms with Crippen LogP contribution in [0.1, 0.15) is 15.9 Å². The molecule has 0 spiro atoms. The van der Waals surface area contributed by atoms with Crippen molar-refractivity contribution < 1.29 is 22.7 Å². The van der Waals surface area contributed by atoms with E-state index in [0.717, 1.165) is 35.6 Å². The van der Waals surface area contributed by atoms with E-state index in [4.69, 9.17) is 4.74 Å². The summed E-state index contributed by atoms with van der Waals surface area (Å²) in [6.07, 6.45) is -3.79. The second-order valence-corrected chi connectivity index (χ2v) is 6.33. The molecule has 0 atom stereocenters. The number of carbonyl (C=O) groups is 1. The highest BCUT2D eigenvalue weighted by Crippen LogP contribution is 2.31. The van der Waals surface area contributed by atoms with Crippen LogP contribution in [-0.2, 0) is 6.18 Å². The molecule has 2 aromatic heterocycles. The number of benzene rings is 1. The van der Waals surface area contributed by atoms with Gasteiger partial charge in [0.25, 0.3) is 5.91 Å². The van der Waals surface area contributed by atoms with Gasteiger partial charge in [-0.3, -0.25) is 4.79 Å². The number of rotatable bonds is 3. The average molecular weight is 380 g/mol. The van der Waals surface area contributed by atoms with Crippen molar-refractivity contribution in [3.8, 4) is 5.88 Å². The van der Waals surface area contributed by atoms with Crippen molar-refractivity contribution in [1.82, 2.24) is 18.6 Å². The third-order valence-electron chi connectivity index (χ3n) is 3.99. The van der Waals surface area contributed by atoms with Crippen molar-refractivity contribution in [3.63, 3.8) is 0 Å². The number of ether oxygens (including phenoxy) is 1. The molecule has 3 heterocycles. The van der Waals surface area contributed by atoms with Crippen molar-refractivity contribution in [1.29, 1.82) is 0 Å². The molecule has 1 amide bonds. The van der Waals surface area contributed by atoms with Crippen LogP contribution in [0.3, 0.4) is 0 Å². The predicted octanol–water partition coefficient (Wildman–Crippen LogP) is 3.01. The SMILES string of the molecule is O=C(c1ccc2nsnc2c1)N1CC(Oc2cc(C(F)(F)F)ccn2)C1. The van der Waals surface area contributed by atoms with Crippen molar-refractivity contribution in [3.05, 3.63) is 47.7 Å². The van der Waals surface area contributed by atoms with Crippen LogP contribution in [0.25, 0.3) is 11.0 Å². The number of likely N-dealkylation sites (tertiary alicyclic amines) is 1. The number of fused-ring (bicyclic) bond motifs is 1. The molecule has 10 heteroatoms. The number of halogens is 3. The number of hydrogen-bond donors (Lipinski definition) is 0. The molecule has 0 bridgehead atoms. The molecule has 0 N–H and O–H groups in total. The van der Waals surface area contributed by atoms with Gasteiger partial charge < -0.3 is 9.64 Å². The summed E-state index contributed by atoms with van der Waals surface area (Å²) in [6.45, 7) is 0.564. The summed E-state index contributed by atoms with van der Waals surface area (Å²) in [4.78, 5) is 17.8. The number of alkyl halides is 3. The molecular formula is C16H11F3N4O2S. The lowest BCUT2D eigenvalue weighted by Crippen LogP contribution is -2.56. The van der Waals surface area contributed by atoms with Gasteiger partial charge in [-0.2, -0.15) is 21.9 Å². The second kappa shape index (κ2) is 6.20. The van der Waals surface area contributed by atoms with Crippen LogP contribution in [0.4, 0.5) is 13.2 Å². The van der Waals surface area contributed by atoms with Crippen LogP contribution < -0.4 is 4.74 Å². The van der Waals surface area contributed by atoms with E-state index in [1.54, 1.807) is 23.1 Å². The lowest BCUT2D eigenvalue weighted by Gasteiger charge is -2.38. The molecule has 1 aliphatic heterocycles. The van der Waals surface area contributed by atoms with Crippen LogP contribution >= 0.6 is 11.7 Å². The highest BCUT2D eigenvalue weighted by atomic mass is 32.1. The molecule has 6 nitrogen and oxygen atoms in total. The molecule has 0 radical (unpaired) electrons. The average Bonchev–Trinajstić information content (AvgIpc) is 3.04. The van der Waals surface area contributed by atoms with Gasteiger partial charge in [0, 0.05) is 17.8 Å². The van der Waals surface area contributed by atoms with Crippen molar-refractivity contribution in [2.75, 3.05) is 13.1 Å². The molecule has 0 unspecified atom stereocenters. The Labute approximate surface area is 149 Å². The summed E-state index contributed by atoms with van der Waals surface area (Å²) in [7, 11) is 0. The Balaban J connectivity index is 1.38. The van der Waals surface area contributed by atoms with Gasteiger partial charge in [0.05, 0.1) is 30.4 Å². The van der Waals surface area contributed by atoms with Gasteiger partial charge in [-0.05, 0) is 24.3 Å².